The van der Waals surface area contributed by atoms with Crippen LogP contribution in [0.4, 0.5) is 5.82 Å². The maximum absolute atomic E-state index is 13.7. The number of amides is 1. The second-order valence-electron chi connectivity index (χ2n) is 12.0. The zero-order valence-corrected chi connectivity index (χ0v) is 23.5. The lowest BCUT2D eigenvalue weighted by Crippen LogP contribution is -2.63. The molecule has 38 heavy (non-hydrogen) atoms. The predicted octanol–water partition coefficient (Wildman–Crippen LogP) is 3.88. The molecule has 4 heterocycles. The number of hydrogen-bond donors (Lipinski definition) is 3. The van der Waals surface area contributed by atoms with Gasteiger partial charge in [-0.1, -0.05) is 56.5 Å². The third kappa shape index (κ3) is 6.43. The Hall–Kier alpha value is -1.94. The molecule has 9 nitrogen and oxygen atoms in total. The van der Waals surface area contributed by atoms with Crippen LogP contribution >= 0.6 is 11.6 Å². The van der Waals surface area contributed by atoms with Gasteiger partial charge in [-0.3, -0.25) is 14.6 Å². The summed E-state index contributed by atoms with van der Waals surface area (Å²) in [5.74, 6) is -0.0815. The van der Waals surface area contributed by atoms with E-state index in [0.717, 1.165) is 45.4 Å². The fourth-order valence-corrected chi connectivity index (χ4v) is 6.89. The summed E-state index contributed by atoms with van der Waals surface area (Å²) in [4.78, 5) is 23.2. The molecular weight excluding hydrogens is 502 g/mol. The van der Waals surface area contributed by atoms with Crippen LogP contribution in [0.1, 0.15) is 94.3 Å². The van der Waals surface area contributed by atoms with Gasteiger partial charge in [0.1, 0.15) is 5.56 Å². The topological polar surface area (TPSA) is 112 Å². The fraction of sp³-hybridized carbons (Fsp3) is 0.750. The van der Waals surface area contributed by atoms with Gasteiger partial charge < -0.3 is 16.2 Å². The Balaban J connectivity index is 1.35. The van der Waals surface area contributed by atoms with Gasteiger partial charge in [-0.25, -0.2) is 9.50 Å². The molecule has 3 aliphatic rings. The molecule has 1 amide bonds. The number of hydrogen-bond acceptors (Lipinski definition) is 7. The molecule has 2 aromatic heterocycles. The average Bonchev–Trinajstić information content (AvgIpc) is 3.22. The van der Waals surface area contributed by atoms with E-state index in [4.69, 9.17) is 17.3 Å². The van der Waals surface area contributed by atoms with Crippen molar-refractivity contribution in [3.05, 3.63) is 23.0 Å². The van der Waals surface area contributed by atoms with E-state index >= 15 is 0 Å². The minimum atomic E-state index is -0.607. The molecule has 2 aliphatic heterocycles. The first kappa shape index (κ1) is 27.6. The summed E-state index contributed by atoms with van der Waals surface area (Å²) in [6.45, 7) is 5.48. The Bertz CT molecular complexity index is 1090. The normalized spacial score (nSPS) is 26.8. The van der Waals surface area contributed by atoms with Crippen LogP contribution < -0.4 is 11.1 Å². The molecule has 10 heteroatoms. The molecule has 2 saturated heterocycles. The Morgan fingerprint density at radius 3 is 2.39 bits per heavy atom. The number of carbonyl (C=O) groups excluding carboxylic acids is 1. The third-order valence-electron chi connectivity index (χ3n) is 9.05. The van der Waals surface area contributed by atoms with Crippen LogP contribution in [-0.4, -0.2) is 85.3 Å². The SMILES string of the molecule is CC1(O)CCN(C2CCN(C3CCCCCCCCC3)CC2NC(=O)c2c(N)nn3cc(Cl)cnc23)CC1. The summed E-state index contributed by atoms with van der Waals surface area (Å²) in [5, 5.41) is 18.6. The number of piperidine rings is 2. The molecule has 1 saturated carbocycles. The number of aliphatic hydroxyl groups is 1. The largest absolute Gasteiger partial charge is 0.390 e. The van der Waals surface area contributed by atoms with Crippen molar-refractivity contribution in [1.82, 2.24) is 29.7 Å². The molecule has 0 radical (unpaired) electrons. The summed E-state index contributed by atoms with van der Waals surface area (Å²) in [5.41, 5.74) is 6.31. The molecule has 0 bridgehead atoms. The van der Waals surface area contributed by atoms with Crippen molar-refractivity contribution in [2.24, 2.45) is 0 Å². The average molecular weight is 546 g/mol. The molecule has 2 aromatic rings. The number of aromatic nitrogens is 3. The van der Waals surface area contributed by atoms with E-state index in [1.165, 1.54) is 68.5 Å². The number of halogens is 1. The molecule has 3 fully saturated rings. The molecule has 210 valence electrons. The number of likely N-dealkylation sites (tertiary alicyclic amines) is 2. The van der Waals surface area contributed by atoms with Crippen molar-refractivity contribution in [3.63, 3.8) is 0 Å². The van der Waals surface area contributed by atoms with Crippen LogP contribution in [-0.2, 0) is 0 Å². The van der Waals surface area contributed by atoms with Crippen molar-refractivity contribution in [2.45, 2.75) is 108 Å². The number of nitrogens with two attached hydrogens (primary N) is 1. The number of carbonyl (C=O) groups is 1. The highest BCUT2D eigenvalue weighted by molar-refractivity contribution is 6.30. The summed E-state index contributed by atoms with van der Waals surface area (Å²) >= 11 is 6.08. The smallest absolute Gasteiger partial charge is 0.259 e. The van der Waals surface area contributed by atoms with Crippen LogP contribution in [0.25, 0.3) is 5.65 Å². The lowest BCUT2D eigenvalue weighted by atomic mass is 9.88. The molecule has 1 aliphatic carbocycles. The highest BCUT2D eigenvalue weighted by Gasteiger charge is 2.39. The van der Waals surface area contributed by atoms with E-state index in [0.29, 0.717) is 22.3 Å². The van der Waals surface area contributed by atoms with Crippen molar-refractivity contribution in [2.75, 3.05) is 31.9 Å². The number of nitrogens with one attached hydrogen (secondary N) is 1. The first-order valence-corrected chi connectivity index (χ1v) is 15.0. The number of nitrogens with zero attached hydrogens (tertiary/aromatic N) is 5. The number of rotatable bonds is 4. The Labute approximate surface area is 231 Å². The Kier molecular flexibility index (Phi) is 8.77. The number of anilines is 1. The van der Waals surface area contributed by atoms with E-state index < -0.39 is 5.60 Å². The van der Waals surface area contributed by atoms with E-state index in [2.05, 4.69) is 25.2 Å². The lowest BCUT2D eigenvalue weighted by molar-refractivity contribution is -0.0339. The molecule has 0 aromatic carbocycles. The summed E-state index contributed by atoms with van der Waals surface area (Å²) in [6.07, 6.45) is 17.4. The minimum absolute atomic E-state index is 0.0450. The Morgan fingerprint density at radius 2 is 1.71 bits per heavy atom. The highest BCUT2D eigenvalue weighted by atomic mass is 35.5. The maximum atomic E-state index is 13.7. The van der Waals surface area contributed by atoms with Gasteiger partial charge in [0.15, 0.2) is 11.5 Å². The monoisotopic (exact) mass is 545 g/mol. The third-order valence-corrected chi connectivity index (χ3v) is 9.25. The summed E-state index contributed by atoms with van der Waals surface area (Å²) in [7, 11) is 0. The second kappa shape index (κ2) is 12.1. The second-order valence-corrected chi connectivity index (χ2v) is 12.4. The number of nitrogen functional groups attached to an aromatic ring is 1. The molecule has 0 spiro atoms. The molecule has 2 unspecified atom stereocenters. The fourth-order valence-electron chi connectivity index (χ4n) is 6.75. The highest BCUT2D eigenvalue weighted by Crippen LogP contribution is 2.30. The molecule has 4 N–H and O–H groups in total. The molecule has 2 atom stereocenters. The zero-order chi connectivity index (χ0) is 26.7. The van der Waals surface area contributed by atoms with E-state index in [1.54, 1.807) is 6.20 Å². The maximum Gasteiger partial charge on any atom is 0.259 e. The van der Waals surface area contributed by atoms with Gasteiger partial charge in [0.2, 0.25) is 0 Å². The van der Waals surface area contributed by atoms with Gasteiger partial charge >= 0.3 is 0 Å². The van der Waals surface area contributed by atoms with Crippen LogP contribution in [0.2, 0.25) is 5.02 Å². The van der Waals surface area contributed by atoms with Crippen molar-refractivity contribution < 1.29 is 9.90 Å². The van der Waals surface area contributed by atoms with Gasteiger partial charge in [-0.15, -0.1) is 5.10 Å². The van der Waals surface area contributed by atoms with Crippen molar-refractivity contribution in [1.29, 1.82) is 0 Å². The van der Waals surface area contributed by atoms with E-state index in [1.807, 2.05) is 6.92 Å². The predicted molar refractivity (Wildman–Crippen MR) is 150 cm³/mol. The lowest BCUT2D eigenvalue weighted by Gasteiger charge is -2.49. The quantitative estimate of drug-likeness (QED) is 0.534. The van der Waals surface area contributed by atoms with Gasteiger partial charge in [0.05, 0.1) is 22.9 Å². The van der Waals surface area contributed by atoms with Crippen LogP contribution in [0.15, 0.2) is 12.4 Å². The van der Waals surface area contributed by atoms with Gasteiger partial charge in [0.25, 0.3) is 5.91 Å². The van der Waals surface area contributed by atoms with Crippen molar-refractivity contribution >= 4 is 29.0 Å². The standard InChI is InChI=1S/C28H44ClN7O2/c1-28(38)12-15-34(16-13-28)23-11-14-35(21-9-7-5-3-2-4-6-8-10-21)19-22(23)32-27(37)24-25(30)33-36-18-20(29)17-31-26(24)36/h17-18,21-23,38H,2-16,19H2,1H3,(H2,30,33)(H,32,37). The van der Waals surface area contributed by atoms with Crippen LogP contribution in [0, 0.1) is 0 Å². The number of fused-ring (bicyclic) bond motifs is 1. The van der Waals surface area contributed by atoms with Crippen LogP contribution in [0.3, 0.4) is 0 Å². The molecule has 5 rings (SSSR count). The van der Waals surface area contributed by atoms with Gasteiger partial charge in [-0.05, 0) is 39.0 Å². The van der Waals surface area contributed by atoms with Crippen LogP contribution in [0.5, 0.6) is 0 Å². The first-order valence-electron chi connectivity index (χ1n) is 14.6. The molecular formula is C28H44ClN7O2. The zero-order valence-electron chi connectivity index (χ0n) is 22.7. The summed E-state index contributed by atoms with van der Waals surface area (Å²) in [6, 6.07) is 0.744. The van der Waals surface area contributed by atoms with Crippen molar-refractivity contribution in [3.8, 4) is 0 Å². The Morgan fingerprint density at radius 1 is 1.05 bits per heavy atom. The van der Waals surface area contributed by atoms with Gasteiger partial charge in [0, 0.05) is 44.5 Å². The van der Waals surface area contributed by atoms with E-state index in [-0.39, 0.29) is 23.8 Å². The first-order chi connectivity index (χ1) is 18.3. The van der Waals surface area contributed by atoms with E-state index in [9.17, 15) is 9.90 Å². The summed E-state index contributed by atoms with van der Waals surface area (Å²) < 4.78 is 1.48. The van der Waals surface area contributed by atoms with Gasteiger partial charge in [-0.2, -0.15) is 0 Å². The minimum Gasteiger partial charge on any atom is -0.390 e.